The van der Waals surface area contributed by atoms with Crippen LogP contribution in [0.2, 0.25) is 0 Å². The van der Waals surface area contributed by atoms with Gasteiger partial charge in [-0.05, 0) is 60.7 Å². The van der Waals surface area contributed by atoms with Crippen LogP contribution in [0.3, 0.4) is 0 Å². The van der Waals surface area contributed by atoms with E-state index in [-0.39, 0.29) is 0 Å². The van der Waals surface area contributed by atoms with Crippen molar-refractivity contribution in [1.82, 2.24) is 10.2 Å². The van der Waals surface area contributed by atoms with Crippen molar-refractivity contribution in [2.24, 2.45) is 5.11 Å². The Morgan fingerprint density at radius 1 is 1.32 bits per heavy atom. The highest BCUT2D eigenvalue weighted by molar-refractivity contribution is 5.68. The van der Waals surface area contributed by atoms with Crippen LogP contribution in [0.1, 0.15) is 18.1 Å². The van der Waals surface area contributed by atoms with Gasteiger partial charge in [0.15, 0.2) is 0 Å². The predicted molar refractivity (Wildman–Crippen MR) is 73.5 cm³/mol. The van der Waals surface area contributed by atoms with E-state index in [1.807, 2.05) is 32.9 Å². The lowest BCUT2D eigenvalue weighted by Crippen LogP contribution is -1.96. The number of aryl methyl sites for hydroxylation is 2. The normalized spacial score (nSPS) is 10.1. The van der Waals surface area contributed by atoms with Crippen LogP contribution in [0.4, 0.5) is 5.82 Å². The molecule has 2 rings (SSSR count). The highest BCUT2D eigenvalue weighted by Gasteiger charge is 2.10. The molecule has 0 fully saturated rings. The van der Waals surface area contributed by atoms with E-state index in [0.717, 1.165) is 28.1 Å². The van der Waals surface area contributed by atoms with E-state index in [1.54, 1.807) is 6.07 Å². The molecule has 6 nitrogen and oxygen atoms in total. The van der Waals surface area contributed by atoms with Crippen LogP contribution in [0.15, 0.2) is 23.3 Å². The molecule has 0 aliphatic carbocycles. The van der Waals surface area contributed by atoms with Gasteiger partial charge in [0.1, 0.15) is 11.6 Å². The molecule has 19 heavy (non-hydrogen) atoms. The lowest BCUT2D eigenvalue weighted by atomic mass is 10.0. The van der Waals surface area contributed by atoms with Crippen LogP contribution in [0.25, 0.3) is 21.7 Å². The summed E-state index contributed by atoms with van der Waals surface area (Å²) in [7, 11) is 0. The van der Waals surface area contributed by atoms with Crippen molar-refractivity contribution in [2.45, 2.75) is 20.8 Å². The third-order valence-corrected chi connectivity index (χ3v) is 2.81. The Hall–Kier alpha value is -2.46. The van der Waals surface area contributed by atoms with Gasteiger partial charge in [-0.15, -0.1) is 0 Å². The first-order chi connectivity index (χ1) is 9.15. The highest BCUT2D eigenvalue weighted by Crippen LogP contribution is 2.30. The molecule has 98 valence electrons. The fourth-order valence-corrected chi connectivity index (χ4v) is 1.93. The zero-order valence-electron chi connectivity index (χ0n) is 11.1. The first-order valence-electron chi connectivity index (χ1n) is 6.00. The van der Waals surface area contributed by atoms with E-state index in [9.17, 15) is 0 Å². The summed E-state index contributed by atoms with van der Waals surface area (Å²) in [6, 6.07) is 5.74. The summed E-state index contributed by atoms with van der Waals surface area (Å²) in [5.41, 5.74) is 12.3. The number of hydrogen-bond acceptors (Lipinski definition) is 3. The summed E-state index contributed by atoms with van der Waals surface area (Å²) < 4.78 is 5.56. The van der Waals surface area contributed by atoms with Crippen LogP contribution in [-0.2, 0) is 0 Å². The van der Waals surface area contributed by atoms with Crippen molar-refractivity contribution in [3.8, 4) is 17.0 Å². The first-order valence-corrected chi connectivity index (χ1v) is 6.00. The zero-order valence-corrected chi connectivity index (χ0v) is 11.1. The Bertz CT molecular complexity index is 640. The van der Waals surface area contributed by atoms with Crippen molar-refractivity contribution < 1.29 is 4.74 Å². The quantitative estimate of drug-likeness (QED) is 0.509. The van der Waals surface area contributed by atoms with E-state index in [2.05, 4.69) is 20.2 Å². The van der Waals surface area contributed by atoms with Gasteiger partial charge in [-0.2, -0.15) is 5.10 Å². The van der Waals surface area contributed by atoms with E-state index in [1.165, 1.54) is 0 Å². The third-order valence-electron chi connectivity index (χ3n) is 2.81. The van der Waals surface area contributed by atoms with Crippen molar-refractivity contribution in [3.05, 3.63) is 39.8 Å². The van der Waals surface area contributed by atoms with E-state index < -0.39 is 0 Å². The molecule has 0 bridgehead atoms. The molecule has 6 heteroatoms. The predicted octanol–water partition coefficient (Wildman–Crippen LogP) is 4.03. The minimum atomic E-state index is 0.406. The van der Waals surface area contributed by atoms with Crippen LogP contribution < -0.4 is 4.74 Å². The largest absolute Gasteiger partial charge is 0.494 e. The fraction of sp³-hybridized carbons (Fsp3) is 0.308. The van der Waals surface area contributed by atoms with Gasteiger partial charge < -0.3 is 4.74 Å². The molecule has 0 saturated heterocycles. The van der Waals surface area contributed by atoms with Gasteiger partial charge in [-0.1, -0.05) is 0 Å². The topological polar surface area (TPSA) is 86.7 Å². The highest BCUT2D eigenvalue weighted by atomic mass is 16.5. The number of hydrogen-bond donors (Lipinski definition) is 1. The number of ether oxygens (including phenoxy) is 1. The number of nitrogens with zero attached hydrogens (tertiary/aromatic N) is 4. The van der Waals surface area contributed by atoms with Crippen LogP contribution in [0.5, 0.6) is 5.75 Å². The molecule has 0 unspecified atom stereocenters. The molecule has 0 amide bonds. The Kier molecular flexibility index (Phi) is 3.73. The van der Waals surface area contributed by atoms with Gasteiger partial charge in [0.05, 0.1) is 12.3 Å². The first kappa shape index (κ1) is 13.0. The standard InChI is InChI=1S/C13H15N5O/c1-4-19-12-6-8(2)10(5-9(12)3)11-7-13(16-15-11)17-18-14/h5-7H,4H2,1-3H3,(H,15,16). The van der Waals surface area contributed by atoms with Gasteiger partial charge in [-0.25, -0.2) is 0 Å². The average Bonchev–Trinajstić information content (AvgIpc) is 2.82. The molecule has 0 radical (unpaired) electrons. The molecule has 1 aromatic carbocycles. The van der Waals surface area contributed by atoms with E-state index in [0.29, 0.717) is 12.4 Å². The summed E-state index contributed by atoms with van der Waals surface area (Å²) in [4.78, 5) is 2.73. The zero-order chi connectivity index (χ0) is 13.8. The maximum absolute atomic E-state index is 8.39. The number of aromatic amines is 1. The minimum absolute atomic E-state index is 0.406. The fourth-order valence-electron chi connectivity index (χ4n) is 1.93. The van der Waals surface area contributed by atoms with Crippen molar-refractivity contribution in [2.75, 3.05) is 6.61 Å². The third kappa shape index (κ3) is 2.69. The summed E-state index contributed by atoms with van der Waals surface area (Å²) >= 11 is 0. The molecule has 0 atom stereocenters. The molecule has 2 aromatic rings. The van der Waals surface area contributed by atoms with Gasteiger partial charge in [0.2, 0.25) is 0 Å². The maximum Gasteiger partial charge on any atom is 0.122 e. The van der Waals surface area contributed by atoms with Crippen LogP contribution in [-0.4, -0.2) is 16.8 Å². The molecule has 0 aliphatic rings. The Morgan fingerprint density at radius 2 is 2.11 bits per heavy atom. The Labute approximate surface area is 111 Å². The molecular formula is C13H15N5O. The summed E-state index contributed by atoms with van der Waals surface area (Å²) in [6.45, 7) is 6.60. The number of rotatable bonds is 4. The molecule has 1 N–H and O–H groups in total. The number of azide groups is 1. The monoisotopic (exact) mass is 257 g/mol. The van der Waals surface area contributed by atoms with Gasteiger partial charge >= 0.3 is 0 Å². The van der Waals surface area contributed by atoms with Gasteiger partial charge in [-0.3, -0.25) is 5.10 Å². The van der Waals surface area contributed by atoms with Gasteiger partial charge in [0, 0.05) is 10.5 Å². The molecule has 0 aliphatic heterocycles. The molecular weight excluding hydrogens is 242 g/mol. The number of aromatic nitrogens is 2. The average molecular weight is 257 g/mol. The molecule has 0 spiro atoms. The van der Waals surface area contributed by atoms with Crippen LogP contribution in [0, 0.1) is 13.8 Å². The lowest BCUT2D eigenvalue weighted by molar-refractivity contribution is 0.337. The molecule has 1 aromatic heterocycles. The number of nitrogens with one attached hydrogen (secondary N) is 1. The van der Waals surface area contributed by atoms with Crippen molar-refractivity contribution in [3.63, 3.8) is 0 Å². The molecule has 0 saturated carbocycles. The second kappa shape index (κ2) is 5.46. The summed E-state index contributed by atoms with van der Waals surface area (Å²) in [6.07, 6.45) is 0. The van der Waals surface area contributed by atoms with E-state index >= 15 is 0 Å². The lowest BCUT2D eigenvalue weighted by Gasteiger charge is -2.11. The second-order valence-electron chi connectivity index (χ2n) is 4.19. The van der Waals surface area contributed by atoms with Crippen LogP contribution >= 0.6 is 0 Å². The summed E-state index contributed by atoms with van der Waals surface area (Å²) in [5.74, 6) is 1.29. The minimum Gasteiger partial charge on any atom is -0.494 e. The number of benzene rings is 1. The van der Waals surface area contributed by atoms with Gasteiger partial charge in [0.25, 0.3) is 0 Å². The summed E-state index contributed by atoms with van der Waals surface area (Å²) in [5, 5.41) is 10.3. The van der Waals surface area contributed by atoms with E-state index in [4.69, 9.17) is 10.3 Å². The van der Waals surface area contributed by atoms with Crippen molar-refractivity contribution >= 4 is 5.82 Å². The Morgan fingerprint density at radius 3 is 2.79 bits per heavy atom. The molecule has 1 heterocycles. The maximum atomic E-state index is 8.39. The SMILES string of the molecule is CCOc1cc(C)c(-c2cc(N=[N+]=[N-])[nH]n2)cc1C. The Balaban J connectivity index is 2.44. The number of H-pyrrole nitrogens is 1. The second-order valence-corrected chi connectivity index (χ2v) is 4.19. The van der Waals surface area contributed by atoms with Crippen molar-refractivity contribution in [1.29, 1.82) is 0 Å². The smallest absolute Gasteiger partial charge is 0.122 e.